The van der Waals surface area contributed by atoms with E-state index < -0.39 is 17.7 Å². The SMILES string of the molecule is CC[C@H](C)C(NC(=O)OC(C)(C)C)C(=O)Nc1ccccc1N1CCOCC1. The van der Waals surface area contributed by atoms with E-state index in [1.165, 1.54) is 0 Å². The Morgan fingerprint density at radius 2 is 1.86 bits per heavy atom. The van der Waals surface area contributed by atoms with Gasteiger partial charge in [0.05, 0.1) is 24.6 Å². The van der Waals surface area contributed by atoms with E-state index in [-0.39, 0.29) is 11.8 Å². The molecule has 1 heterocycles. The standard InChI is InChI=1S/C21H33N3O4/c1-6-15(2)18(23-20(26)28-21(3,4)5)19(25)22-16-9-7-8-10-17(16)24-11-13-27-14-12-24/h7-10,15,18H,6,11-14H2,1-5H3,(H,22,25)(H,23,26)/t15-,18?/m0/s1. The van der Waals surface area contributed by atoms with Crippen molar-refractivity contribution in [1.29, 1.82) is 0 Å². The first kappa shape index (κ1) is 22.0. The molecule has 0 radical (unpaired) electrons. The number of anilines is 2. The molecule has 28 heavy (non-hydrogen) atoms. The number of morpholine rings is 1. The number of nitrogens with one attached hydrogen (secondary N) is 2. The molecule has 2 N–H and O–H groups in total. The summed E-state index contributed by atoms with van der Waals surface area (Å²) in [6.07, 6.45) is 0.160. The van der Waals surface area contributed by atoms with Crippen LogP contribution in [0, 0.1) is 5.92 Å². The van der Waals surface area contributed by atoms with Crippen LogP contribution in [0.5, 0.6) is 0 Å². The topological polar surface area (TPSA) is 79.9 Å². The Bertz CT molecular complexity index is 666. The quantitative estimate of drug-likeness (QED) is 0.777. The molecule has 7 nitrogen and oxygen atoms in total. The minimum absolute atomic E-state index is 0.0388. The van der Waals surface area contributed by atoms with Gasteiger partial charge in [-0.2, -0.15) is 0 Å². The van der Waals surface area contributed by atoms with Crippen LogP contribution in [-0.4, -0.2) is 49.9 Å². The van der Waals surface area contributed by atoms with Crippen LogP contribution in [0.3, 0.4) is 0 Å². The van der Waals surface area contributed by atoms with Crippen molar-refractivity contribution in [2.45, 2.75) is 52.7 Å². The van der Waals surface area contributed by atoms with Crippen LogP contribution in [0.15, 0.2) is 24.3 Å². The minimum Gasteiger partial charge on any atom is -0.444 e. The second-order valence-electron chi connectivity index (χ2n) is 8.12. The molecule has 156 valence electrons. The fraction of sp³-hybridized carbons (Fsp3) is 0.619. The number of amides is 2. The summed E-state index contributed by atoms with van der Waals surface area (Å²) in [7, 11) is 0. The Kier molecular flexibility index (Phi) is 7.69. The number of benzene rings is 1. The molecule has 0 aromatic heterocycles. The molecule has 1 aromatic carbocycles. The summed E-state index contributed by atoms with van der Waals surface area (Å²) < 4.78 is 10.7. The summed E-state index contributed by atoms with van der Waals surface area (Å²) in [6, 6.07) is 7.02. The molecule has 2 amide bonds. The first-order valence-corrected chi connectivity index (χ1v) is 9.93. The van der Waals surface area contributed by atoms with Crippen molar-refractivity contribution in [3.8, 4) is 0 Å². The van der Waals surface area contributed by atoms with Crippen LogP contribution < -0.4 is 15.5 Å². The Balaban J connectivity index is 2.14. The van der Waals surface area contributed by atoms with Gasteiger partial charge in [-0.25, -0.2) is 4.79 Å². The zero-order valence-electron chi connectivity index (χ0n) is 17.6. The first-order valence-electron chi connectivity index (χ1n) is 9.93. The predicted molar refractivity (Wildman–Crippen MR) is 111 cm³/mol. The highest BCUT2D eigenvalue weighted by Crippen LogP contribution is 2.27. The lowest BCUT2D eigenvalue weighted by molar-refractivity contribution is -0.119. The first-order chi connectivity index (χ1) is 13.2. The van der Waals surface area contributed by atoms with Crippen molar-refractivity contribution in [3.05, 3.63) is 24.3 Å². The van der Waals surface area contributed by atoms with Gasteiger partial charge in [-0.1, -0.05) is 32.4 Å². The second kappa shape index (κ2) is 9.78. The second-order valence-corrected chi connectivity index (χ2v) is 8.12. The fourth-order valence-electron chi connectivity index (χ4n) is 3.01. The lowest BCUT2D eigenvalue weighted by atomic mass is 9.98. The average molecular weight is 392 g/mol. The number of hydrogen-bond donors (Lipinski definition) is 2. The van der Waals surface area contributed by atoms with Gasteiger partial charge in [-0.05, 0) is 38.8 Å². The van der Waals surface area contributed by atoms with E-state index >= 15 is 0 Å². The lowest BCUT2D eigenvalue weighted by Gasteiger charge is -2.31. The van der Waals surface area contributed by atoms with E-state index in [0.29, 0.717) is 13.2 Å². The van der Waals surface area contributed by atoms with E-state index in [0.717, 1.165) is 30.9 Å². The molecule has 1 aliphatic rings. The number of carbonyl (C=O) groups is 2. The predicted octanol–water partition coefficient (Wildman–Crippen LogP) is 3.40. The molecule has 0 aliphatic carbocycles. The van der Waals surface area contributed by atoms with Gasteiger partial charge in [0.1, 0.15) is 11.6 Å². The Morgan fingerprint density at radius 3 is 2.46 bits per heavy atom. The van der Waals surface area contributed by atoms with Crippen LogP contribution in [0.4, 0.5) is 16.2 Å². The van der Waals surface area contributed by atoms with Gasteiger partial charge < -0.3 is 25.0 Å². The van der Waals surface area contributed by atoms with Crippen LogP contribution in [0.2, 0.25) is 0 Å². The molecule has 7 heteroatoms. The zero-order valence-corrected chi connectivity index (χ0v) is 17.6. The van der Waals surface area contributed by atoms with Crippen molar-refractivity contribution in [2.75, 3.05) is 36.5 Å². The number of carbonyl (C=O) groups excluding carboxylic acids is 2. The largest absolute Gasteiger partial charge is 0.444 e. The summed E-state index contributed by atoms with van der Waals surface area (Å²) in [4.78, 5) is 27.4. The van der Waals surface area contributed by atoms with E-state index in [1.807, 2.05) is 38.1 Å². The molecule has 2 rings (SSSR count). The normalized spacial score (nSPS) is 16.8. The van der Waals surface area contributed by atoms with Gasteiger partial charge in [0, 0.05) is 13.1 Å². The lowest BCUT2D eigenvalue weighted by Crippen LogP contribution is -2.49. The van der Waals surface area contributed by atoms with Gasteiger partial charge in [-0.3, -0.25) is 4.79 Å². The fourth-order valence-corrected chi connectivity index (χ4v) is 3.01. The Morgan fingerprint density at radius 1 is 1.21 bits per heavy atom. The number of rotatable bonds is 6. The van der Waals surface area contributed by atoms with Crippen LogP contribution in [-0.2, 0) is 14.3 Å². The number of nitrogens with zero attached hydrogens (tertiary/aromatic N) is 1. The van der Waals surface area contributed by atoms with Gasteiger partial charge >= 0.3 is 6.09 Å². The maximum absolute atomic E-state index is 13.0. The highest BCUT2D eigenvalue weighted by Gasteiger charge is 2.29. The van der Waals surface area contributed by atoms with Crippen LogP contribution in [0.1, 0.15) is 41.0 Å². The summed E-state index contributed by atoms with van der Waals surface area (Å²) in [5.74, 6) is -0.288. The summed E-state index contributed by atoms with van der Waals surface area (Å²) >= 11 is 0. The van der Waals surface area contributed by atoms with Gasteiger partial charge in [0.15, 0.2) is 0 Å². The van der Waals surface area contributed by atoms with Crippen molar-refractivity contribution in [1.82, 2.24) is 5.32 Å². The minimum atomic E-state index is -0.683. The molecule has 1 aliphatic heterocycles. The molecule has 0 saturated carbocycles. The summed E-state index contributed by atoms with van der Waals surface area (Å²) in [5.41, 5.74) is 1.07. The highest BCUT2D eigenvalue weighted by atomic mass is 16.6. The van der Waals surface area contributed by atoms with E-state index in [1.54, 1.807) is 20.8 Å². The van der Waals surface area contributed by atoms with E-state index in [9.17, 15) is 9.59 Å². The number of alkyl carbamates (subject to hydrolysis) is 1. The van der Waals surface area contributed by atoms with Crippen molar-refractivity contribution >= 4 is 23.4 Å². The van der Waals surface area contributed by atoms with Crippen LogP contribution in [0.25, 0.3) is 0 Å². The van der Waals surface area contributed by atoms with E-state index in [2.05, 4.69) is 15.5 Å². The third-order valence-electron chi connectivity index (χ3n) is 4.68. The number of para-hydroxylation sites is 2. The van der Waals surface area contributed by atoms with Gasteiger partial charge in [0.25, 0.3) is 0 Å². The van der Waals surface area contributed by atoms with Crippen LogP contribution >= 0.6 is 0 Å². The third-order valence-corrected chi connectivity index (χ3v) is 4.68. The monoisotopic (exact) mass is 391 g/mol. The molecular weight excluding hydrogens is 358 g/mol. The average Bonchev–Trinajstić information content (AvgIpc) is 2.65. The Hall–Kier alpha value is -2.28. The van der Waals surface area contributed by atoms with Gasteiger partial charge in [-0.15, -0.1) is 0 Å². The molecular formula is C21H33N3O4. The Labute approximate surface area is 167 Å². The van der Waals surface area contributed by atoms with Crippen molar-refractivity contribution < 1.29 is 19.1 Å². The third kappa shape index (κ3) is 6.41. The maximum atomic E-state index is 13.0. The number of ether oxygens (including phenoxy) is 2. The smallest absolute Gasteiger partial charge is 0.408 e. The summed E-state index contributed by atoms with van der Waals surface area (Å²) in [6.45, 7) is 12.2. The highest BCUT2D eigenvalue weighted by molar-refractivity contribution is 5.99. The van der Waals surface area contributed by atoms with E-state index in [4.69, 9.17) is 9.47 Å². The number of hydrogen-bond acceptors (Lipinski definition) is 5. The molecule has 1 unspecified atom stereocenters. The van der Waals surface area contributed by atoms with Crippen molar-refractivity contribution in [3.63, 3.8) is 0 Å². The molecule has 1 saturated heterocycles. The van der Waals surface area contributed by atoms with Gasteiger partial charge in [0.2, 0.25) is 5.91 Å². The molecule has 2 atom stereocenters. The maximum Gasteiger partial charge on any atom is 0.408 e. The van der Waals surface area contributed by atoms with Crippen molar-refractivity contribution in [2.24, 2.45) is 5.92 Å². The zero-order chi connectivity index (χ0) is 20.7. The molecule has 1 fully saturated rings. The summed E-state index contributed by atoms with van der Waals surface area (Å²) in [5, 5.41) is 5.74. The molecule has 1 aromatic rings. The molecule has 0 bridgehead atoms. The molecule has 0 spiro atoms.